The van der Waals surface area contributed by atoms with Crippen molar-refractivity contribution in [2.24, 2.45) is 0 Å². The highest BCUT2D eigenvalue weighted by atomic mass is 16.5. The minimum Gasteiger partial charge on any atom is -0.363 e. The van der Waals surface area contributed by atoms with Crippen molar-refractivity contribution in [1.29, 1.82) is 0 Å². The van der Waals surface area contributed by atoms with E-state index in [-0.39, 0.29) is 18.4 Å². The van der Waals surface area contributed by atoms with Crippen molar-refractivity contribution in [1.82, 2.24) is 10.1 Å². The number of carbonyl (C=O) groups excluding carboxylic acids is 2. The molecule has 6 nitrogen and oxygen atoms in total. The summed E-state index contributed by atoms with van der Waals surface area (Å²) in [7, 11) is 0. The van der Waals surface area contributed by atoms with E-state index in [0.717, 1.165) is 19.3 Å². The number of anilines is 1. The molecule has 1 heterocycles. The van der Waals surface area contributed by atoms with Gasteiger partial charge in [0.15, 0.2) is 5.82 Å². The van der Waals surface area contributed by atoms with Gasteiger partial charge in [0.25, 0.3) is 0 Å². The molecule has 0 atom stereocenters. The molecule has 1 aromatic rings. The molecule has 0 aliphatic heterocycles. The molecule has 0 fully saturated rings. The lowest BCUT2D eigenvalue weighted by Crippen LogP contribution is -2.38. The SMILES string of the molecule is CCCCCCCC(=O)N(CCC)CC(=O)Nc1ccon1. The number of rotatable bonds is 11. The van der Waals surface area contributed by atoms with Gasteiger partial charge in [0.2, 0.25) is 11.8 Å². The number of aromatic nitrogens is 1. The molecule has 0 aliphatic rings. The maximum absolute atomic E-state index is 12.2. The van der Waals surface area contributed by atoms with Gasteiger partial charge in [-0.25, -0.2) is 0 Å². The van der Waals surface area contributed by atoms with Crippen molar-refractivity contribution in [3.63, 3.8) is 0 Å². The van der Waals surface area contributed by atoms with E-state index in [1.54, 1.807) is 11.0 Å². The summed E-state index contributed by atoms with van der Waals surface area (Å²) in [6.45, 7) is 4.83. The molecule has 0 aliphatic carbocycles. The van der Waals surface area contributed by atoms with Gasteiger partial charge in [0, 0.05) is 19.0 Å². The van der Waals surface area contributed by atoms with Gasteiger partial charge < -0.3 is 14.7 Å². The van der Waals surface area contributed by atoms with E-state index in [9.17, 15) is 9.59 Å². The molecule has 22 heavy (non-hydrogen) atoms. The lowest BCUT2D eigenvalue weighted by atomic mass is 10.1. The van der Waals surface area contributed by atoms with Crippen molar-refractivity contribution in [2.45, 2.75) is 58.8 Å². The number of nitrogens with one attached hydrogen (secondary N) is 1. The summed E-state index contributed by atoms with van der Waals surface area (Å²) in [6, 6.07) is 1.57. The highest BCUT2D eigenvalue weighted by molar-refractivity contribution is 5.93. The highest BCUT2D eigenvalue weighted by Gasteiger charge is 2.16. The van der Waals surface area contributed by atoms with Crippen LogP contribution in [0.1, 0.15) is 58.8 Å². The van der Waals surface area contributed by atoms with Crippen molar-refractivity contribution in [3.05, 3.63) is 12.3 Å². The van der Waals surface area contributed by atoms with Gasteiger partial charge in [-0.1, -0.05) is 44.7 Å². The Kier molecular flexibility index (Phi) is 8.95. The van der Waals surface area contributed by atoms with Crippen LogP contribution in [0.25, 0.3) is 0 Å². The van der Waals surface area contributed by atoms with Crippen molar-refractivity contribution < 1.29 is 14.1 Å². The Morgan fingerprint density at radius 2 is 1.95 bits per heavy atom. The largest absolute Gasteiger partial charge is 0.363 e. The first-order chi connectivity index (χ1) is 10.7. The number of amides is 2. The first-order valence-electron chi connectivity index (χ1n) is 8.15. The molecule has 1 N–H and O–H groups in total. The molecular weight excluding hydrogens is 282 g/mol. The molecule has 2 amide bonds. The van der Waals surface area contributed by atoms with Crippen LogP contribution in [0.15, 0.2) is 16.9 Å². The standard InChI is InChI=1S/C16H27N3O3/c1-3-5-6-7-8-9-16(21)19(11-4-2)13-15(20)17-14-10-12-22-18-14/h10,12H,3-9,11,13H2,1-2H3,(H,17,18,20). The van der Waals surface area contributed by atoms with E-state index in [1.165, 1.54) is 25.5 Å². The fourth-order valence-corrected chi connectivity index (χ4v) is 2.23. The minimum absolute atomic E-state index is 0.0497. The van der Waals surface area contributed by atoms with Gasteiger partial charge in [-0.15, -0.1) is 0 Å². The molecular formula is C16H27N3O3. The second-order valence-corrected chi connectivity index (χ2v) is 5.41. The van der Waals surface area contributed by atoms with Crippen molar-refractivity contribution in [2.75, 3.05) is 18.4 Å². The molecule has 1 rings (SSSR count). The zero-order valence-corrected chi connectivity index (χ0v) is 13.6. The summed E-state index contributed by atoms with van der Waals surface area (Å²) in [4.78, 5) is 25.8. The van der Waals surface area contributed by atoms with Crippen molar-refractivity contribution >= 4 is 17.6 Å². The van der Waals surface area contributed by atoms with Gasteiger partial charge in [-0.05, 0) is 12.8 Å². The predicted molar refractivity (Wildman–Crippen MR) is 85.4 cm³/mol. The van der Waals surface area contributed by atoms with Crippen LogP contribution in [-0.2, 0) is 9.59 Å². The molecule has 6 heteroatoms. The van der Waals surface area contributed by atoms with E-state index in [2.05, 4.69) is 21.9 Å². The summed E-state index contributed by atoms with van der Waals surface area (Å²) in [6.07, 6.45) is 8.28. The predicted octanol–water partition coefficient (Wildman–Crippen LogP) is 3.21. The van der Waals surface area contributed by atoms with Crippen molar-refractivity contribution in [3.8, 4) is 0 Å². The lowest BCUT2D eigenvalue weighted by Gasteiger charge is -2.21. The van der Waals surface area contributed by atoms with Gasteiger partial charge >= 0.3 is 0 Å². The van der Waals surface area contributed by atoms with E-state index < -0.39 is 0 Å². The molecule has 0 saturated heterocycles. The third kappa shape index (κ3) is 7.24. The Morgan fingerprint density at radius 1 is 1.18 bits per heavy atom. The van der Waals surface area contributed by atoms with Gasteiger partial charge in [-0.3, -0.25) is 9.59 Å². The van der Waals surface area contributed by atoms with Crippen LogP contribution in [0.2, 0.25) is 0 Å². The molecule has 1 aromatic heterocycles. The fraction of sp³-hybridized carbons (Fsp3) is 0.688. The average Bonchev–Trinajstić information content (AvgIpc) is 2.99. The van der Waals surface area contributed by atoms with Crippen LogP contribution in [0.5, 0.6) is 0 Å². The summed E-state index contributed by atoms with van der Waals surface area (Å²) in [5.74, 6) is 0.170. The second kappa shape index (κ2) is 10.8. The smallest absolute Gasteiger partial charge is 0.245 e. The third-order valence-corrected chi connectivity index (χ3v) is 3.38. The number of unbranched alkanes of at least 4 members (excludes halogenated alkanes) is 4. The lowest BCUT2D eigenvalue weighted by molar-refractivity contribution is -0.134. The molecule has 0 spiro atoms. The zero-order valence-electron chi connectivity index (χ0n) is 13.6. The second-order valence-electron chi connectivity index (χ2n) is 5.41. The van der Waals surface area contributed by atoms with Gasteiger partial charge in [-0.2, -0.15) is 0 Å². The minimum atomic E-state index is -0.248. The van der Waals surface area contributed by atoms with Crippen LogP contribution in [0.3, 0.4) is 0 Å². The average molecular weight is 309 g/mol. The Bertz CT molecular complexity index is 432. The maximum atomic E-state index is 12.2. The zero-order chi connectivity index (χ0) is 16.2. The van der Waals surface area contributed by atoms with E-state index in [1.807, 2.05) is 6.92 Å². The Labute approximate surface area is 132 Å². The topological polar surface area (TPSA) is 75.4 Å². The van der Waals surface area contributed by atoms with Crippen LogP contribution in [0, 0.1) is 0 Å². The van der Waals surface area contributed by atoms with E-state index in [4.69, 9.17) is 0 Å². The third-order valence-electron chi connectivity index (χ3n) is 3.38. The summed E-state index contributed by atoms with van der Waals surface area (Å²) in [5, 5.41) is 6.23. The Morgan fingerprint density at radius 3 is 2.59 bits per heavy atom. The first-order valence-corrected chi connectivity index (χ1v) is 8.15. The Balaban J connectivity index is 2.35. The fourth-order valence-electron chi connectivity index (χ4n) is 2.23. The molecule has 0 bridgehead atoms. The number of nitrogens with zero attached hydrogens (tertiary/aromatic N) is 2. The first kappa shape index (κ1) is 18.2. The van der Waals surface area contributed by atoms with E-state index >= 15 is 0 Å². The van der Waals surface area contributed by atoms with Crippen LogP contribution >= 0.6 is 0 Å². The molecule has 0 unspecified atom stereocenters. The molecule has 124 valence electrons. The van der Waals surface area contributed by atoms with Gasteiger partial charge in [0.1, 0.15) is 6.26 Å². The van der Waals surface area contributed by atoms with Crippen LogP contribution < -0.4 is 5.32 Å². The summed E-state index contributed by atoms with van der Waals surface area (Å²) in [5.41, 5.74) is 0. The maximum Gasteiger partial charge on any atom is 0.245 e. The monoisotopic (exact) mass is 309 g/mol. The Hall–Kier alpha value is -1.85. The quantitative estimate of drug-likeness (QED) is 0.637. The normalized spacial score (nSPS) is 10.5. The number of hydrogen-bond acceptors (Lipinski definition) is 4. The molecule has 0 radical (unpaired) electrons. The molecule has 0 aromatic carbocycles. The number of hydrogen-bond donors (Lipinski definition) is 1. The summed E-state index contributed by atoms with van der Waals surface area (Å²) >= 11 is 0. The summed E-state index contributed by atoms with van der Waals surface area (Å²) < 4.78 is 4.66. The van der Waals surface area contributed by atoms with E-state index in [0.29, 0.717) is 18.8 Å². The highest BCUT2D eigenvalue weighted by Crippen LogP contribution is 2.08. The number of carbonyl (C=O) groups is 2. The van der Waals surface area contributed by atoms with Crippen LogP contribution in [-0.4, -0.2) is 35.0 Å². The molecule has 0 saturated carbocycles. The van der Waals surface area contributed by atoms with Crippen LogP contribution in [0.4, 0.5) is 5.82 Å². The van der Waals surface area contributed by atoms with Gasteiger partial charge in [0.05, 0.1) is 6.54 Å².